The number of nitrogens with zero attached hydrogens (tertiary/aromatic N) is 1. The van der Waals surface area contributed by atoms with Crippen LogP contribution >= 0.6 is 0 Å². The van der Waals surface area contributed by atoms with Gasteiger partial charge in [0, 0.05) is 13.1 Å². The van der Waals surface area contributed by atoms with Gasteiger partial charge in [0.2, 0.25) is 0 Å². The zero-order valence-electron chi connectivity index (χ0n) is 13.9. The lowest BCUT2D eigenvalue weighted by Crippen LogP contribution is -2.58. The van der Waals surface area contributed by atoms with Crippen LogP contribution in [0.15, 0.2) is 0 Å². The zero-order chi connectivity index (χ0) is 15.2. The number of hydrogen-bond donors (Lipinski definition) is 1. The van der Waals surface area contributed by atoms with Crippen molar-refractivity contribution in [3.8, 4) is 0 Å². The molecule has 20 heavy (non-hydrogen) atoms. The molecule has 0 bridgehead atoms. The molecular weight excluding hydrogens is 252 g/mol. The van der Waals surface area contributed by atoms with Crippen LogP contribution in [0.4, 0.5) is 0 Å². The maximum absolute atomic E-state index is 12.3. The fourth-order valence-corrected chi connectivity index (χ4v) is 3.70. The Hall–Kier alpha value is -0.610. The van der Waals surface area contributed by atoms with E-state index >= 15 is 0 Å². The predicted octanol–water partition coefficient (Wildman–Crippen LogP) is 2.29. The fraction of sp³-hybridized carbons (Fsp3) is 0.938. The van der Waals surface area contributed by atoms with E-state index in [1.165, 1.54) is 13.5 Å². The Bertz CT molecular complexity index is 293. The third kappa shape index (κ3) is 4.45. The molecule has 4 heteroatoms. The molecule has 1 N–H and O–H groups in total. The third-order valence-electron chi connectivity index (χ3n) is 4.56. The van der Waals surface area contributed by atoms with Crippen molar-refractivity contribution < 1.29 is 9.53 Å². The lowest BCUT2D eigenvalue weighted by atomic mass is 9.71. The Morgan fingerprint density at radius 3 is 2.25 bits per heavy atom. The molecule has 1 saturated carbocycles. The average molecular weight is 284 g/mol. The molecule has 0 aliphatic heterocycles. The van der Waals surface area contributed by atoms with E-state index in [0.29, 0.717) is 11.8 Å². The third-order valence-corrected chi connectivity index (χ3v) is 4.56. The van der Waals surface area contributed by atoms with E-state index in [4.69, 9.17) is 4.74 Å². The number of carbonyl (C=O) groups is 1. The van der Waals surface area contributed by atoms with Crippen molar-refractivity contribution >= 4 is 5.97 Å². The van der Waals surface area contributed by atoms with Crippen LogP contribution in [-0.4, -0.2) is 49.7 Å². The Labute approximate surface area is 124 Å². The van der Waals surface area contributed by atoms with Crippen LogP contribution in [0.1, 0.15) is 47.0 Å². The van der Waals surface area contributed by atoms with E-state index < -0.39 is 5.54 Å². The van der Waals surface area contributed by atoms with Gasteiger partial charge >= 0.3 is 5.97 Å². The van der Waals surface area contributed by atoms with Crippen molar-refractivity contribution in [3.05, 3.63) is 0 Å². The minimum absolute atomic E-state index is 0.0875. The normalized spacial score (nSPS) is 30.5. The highest BCUT2D eigenvalue weighted by molar-refractivity contribution is 5.81. The summed E-state index contributed by atoms with van der Waals surface area (Å²) in [5.74, 6) is 1.05. The fourth-order valence-electron chi connectivity index (χ4n) is 3.70. The van der Waals surface area contributed by atoms with Crippen molar-refractivity contribution in [2.75, 3.05) is 33.3 Å². The summed E-state index contributed by atoms with van der Waals surface area (Å²) in [5, 5.41) is 3.53. The van der Waals surface area contributed by atoms with Crippen LogP contribution in [-0.2, 0) is 9.53 Å². The highest BCUT2D eigenvalue weighted by Gasteiger charge is 2.44. The number of hydrogen-bond acceptors (Lipinski definition) is 4. The first kappa shape index (κ1) is 17.4. The van der Waals surface area contributed by atoms with Crippen LogP contribution in [0.3, 0.4) is 0 Å². The van der Waals surface area contributed by atoms with Gasteiger partial charge in [0.05, 0.1) is 7.11 Å². The van der Waals surface area contributed by atoms with Crippen molar-refractivity contribution in [3.63, 3.8) is 0 Å². The van der Waals surface area contributed by atoms with Crippen LogP contribution in [0.25, 0.3) is 0 Å². The lowest BCUT2D eigenvalue weighted by molar-refractivity contribution is -0.151. The summed E-state index contributed by atoms with van der Waals surface area (Å²) in [4.78, 5) is 14.7. The molecule has 2 unspecified atom stereocenters. The largest absolute Gasteiger partial charge is 0.468 e. The number of methoxy groups -OCH3 is 1. The molecule has 0 heterocycles. The summed E-state index contributed by atoms with van der Waals surface area (Å²) < 4.78 is 5.08. The van der Waals surface area contributed by atoms with E-state index in [0.717, 1.165) is 39.0 Å². The maximum Gasteiger partial charge on any atom is 0.326 e. The molecule has 1 aliphatic carbocycles. The average Bonchev–Trinajstić information content (AvgIpc) is 2.41. The zero-order valence-corrected chi connectivity index (χ0v) is 13.9. The number of likely N-dealkylation sites (N-methyl/N-ethyl adjacent to an activating group) is 1. The van der Waals surface area contributed by atoms with Crippen molar-refractivity contribution in [1.82, 2.24) is 10.2 Å². The molecule has 4 nitrogen and oxygen atoms in total. The summed E-state index contributed by atoms with van der Waals surface area (Å²) in [7, 11) is 1.50. The Kier molecular flexibility index (Phi) is 6.96. The molecule has 1 fully saturated rings. The monoisotopic (exact) mass is 284 g/mol. The molecule has 0 saturated heterocycles. The van der Waals surface area contributed by atoms with Gasteiger partial charge < -0.3 is 15.0 Å². The van der Waals surface area contributed by atoms with E-state index in [2.05, 4.69) is 37.9 Å². The topological polar surface area (TPSA) is 41.6 Å². The van der Waals surface area contributed by atoms with E-state index in [1.807, 2.05) is 0 Å². The Morgan fingerprint density at radius 2 is 1.80 bits per heavy atom. The van der Waals surface area contributed by atoms with Gasteiger partial charge in [-0.05, 0) is 44.2 Å². The van der Waals surface area contributed by atoms with Gasteiger partial charge in [0.15, 0.2) is 0 Å². The second kappa shape index (κ2) is 7.99. The number of carbonyl (C=O) groups excluding carboxylic acids is 1. The molecule has 0 aromatic carbocycles. The highest BCUT2D eigenvalue weighted by Crippen LogP contribution is 2.36. The van der Waals surface area contributed by atoms with Crippen LogP contribution in [0.5, 0.6) is 0 Å². The van der Waals surface area contributed by atoms with Gasteiger partial charge in [-0.1, -0.05) is 27.7 Å². The van der Waals surface area contributed by atoms with Gasteiger partial charge in [-0.3, -0.25) is 4.79 Å². The SMILES string of the molecule is CCN(CC)CCNC1(C(=O)OC)CC(C)CC(C)C1. The van der Waals surface area contributed by atoms with E-state index in [9.17, 15) is 4.79 Å². The molecule has 1 aliphatic rings. The smallest absolute Gasteiger partial charge is 0.326 e. The quantitative estimate of drug-likeness (QED) is 0.728. The maximum atomic E-state index is 12.3. The second-order valence-electron chi connectivity index (χ2n) is 6.38. The molecule has 0 spiro atoms. The lowest BCUT2D eigenvalue weighted by Gasteiger charge is -2.41. The molecule has 0 radical (unpaired) electrons. The molecule has 0 amide bonds. The summed E-state index contributed by atoms with van der Waals surface area (Å²) in [6.07, 6.45) is 2.99. The number of ether oxygens (including phenoxy) is 1. The van der Waals surface area contributed by atoms with Crippen molar-refractivity contribution in [1.29, 1.82) is 0 Å². The van der Waals surface area contributed by atoms with Gasteiger partial charge in [-0.25, -0.2) is 0 Å². The van der Waals surface area contributed by atoms with Crippen LogP contribution < -0.4 is 5.32 Å². The minimum Gasteiger partial charge on any atom is -0.468 e. The first-order valence-electron chi connectivity index (χ1n) is 8.03. The van der Waals surface area contributed by atoms with Crippen LogP contribution in [0, 0.1) is 11.8 Å². The molecule has 1 rings (SSSR count). The van der Waals surface area contributed by atoms with Crippen molar-refractivity contribution in [2.45, 2.75) is 52.5 Å². The summed E-state index contributed by atoms with van der Waals surface area (Å²) in [6.45, 7) is 12.7. The van der Waals surface area contributed by atoms with Crippen LogP contribution in [0.2, 0.25) is 0 Å². The number of nitrogens with one attached hydrogen (secondary N) is 1. The second-order valence-corrected chi connectivity index (χ2v) is 6.38. The van der Waals surface area contributed by atoms with E-state index in [1.54, 1.807) is 0 Å². The number of rotatable bonds is 7. The summed E-state index contributed by atoms with van der Waals surface area (Å²) in [5.41, 5.74) is -0.473. The number of esters is 1. The van der Waals surface area contributed by atoms with Crippen molar-refractivity contribution in [2.24, 2.45) is 11.8 Å². The van der Waals surface area contributed by atoms with Gasteiger partial charge in [-0.2, -0.15) is 0 Å². The van der Waals surface area contributed by atoms with Gasteiger partial charge in [0.1, 0.15) is 5.54 Å². The van der Waals surface area contributed by atoms with Gasteiger partial charge in [0.25, 0.3) is 0 Å². The molecule has 0 aromatic heterocycles. The van der Waals surface area contributed by atoms with E-state index in [-0.39, 0.29) is 5.97 Å². The summed E-state index contributed by atoms with van der Waals surface area (Å²) >= 11 is 0. The Morgan fingerprint density at radius 1 is 1.25 bits per heavy atom. The molecule has 0 aromatic rings. The first-order valence-corrected chi connectivity index (χ1v) is 8.03. The van der Waals surface area contributed by atoms with Gasteiger partial charge in [-0.15, -0.1) is 0 Å². The molecule has 2 atom stereocenters. The Balaban J connectivity index is 2.67. The molecule has 118 valence electrons. The first-order chi connectivity index (χ1) is 9.47. The highest BCUT2D eigenvalue weighted by atomic mass is 16.5. The predicted molar refractivity (Wildman–Crippen MR) is 82.7 cm³/mol. The standard InChI is InChI=1S/C16H32N2O2/c1-6-18(7-2)9-8-17-16(15(19)20-5)11-13(3)10-14(4)12-16/h13-14,17H,6-12H2,1-5H3. The minimum atomic E-state index is -0.473. The summed E-state index contributed by atoms with van der Waals surface area (Å²) in [6, 6.07) is 0. The molecular formula is C16H32N2O2.